The quantitative estimate of drug-likeness (QED) is 0.845. The second kappa shape index (κ2) is 7.56. The number of nitrogens with zero attached hydrogens (tertiary/aromatic N) is 4. The van der Waals surface area contributed by atoms with Crippen LogP contribution < -0.4 is 15.4 Å². The molecule has 2 N–H and O–H groups in total. The predicted octanol–water partition coefficient (Wildman–Crippen LogP) is 1.04. The molecule has 0 aromatic carbocycles. The third-order valence-electron chi connectivity index (χ3n) is 4.11. The summed E-state index contributed by atoms with van der Waals surface area (Å²) >= 11 is 0. The Bertz CT molecular complexity index is 446. The van der Waals surface area contributed by atoms with Gasteiger partial charge in [-0.15, -0.1) is 0 Å². The molecule has 21 heavy (non-hydrogen) atoms. The second-order valence-electron chi connectivity index (χ2n) is 5.51. The fourth-order valence-electron chi connectivity index (χ4n) is 2.89. The number of ether oxygens (including phenoxy) is 1. The third-order valence-corrected chi connectivity index (χ3v) is 4.11. The van der Waals surface area contributed by atoms with Crippen LogP contribution in [0.1, 0.15) is 25.5 Å². The Kier molecular flexibility index (Phi) is 5.76. The molecule has 0 aliphatic carbocycles. The van der Waals surface area contributed by atoms with E-state index in [0.717, 1.165) is 57.2 Å². The van der Waals surface area contributed by atoms with Crippen molar-refractivity contribution in [3.63, 3.8) is 0 Å². The average molecular weight is 293 g/mol. The lowest BCUT2D eigenvalue weighted by atomic mass is 10.1. The van der Waals surface area contributed by atoms with Crippen molar-refractivity contribution in [3.8, 4) is 5.88 Å². The minimum atomic E-state index is 0.602. The number of nitrogens with two attached hydrogens (primary N) is 1. The van der Waals surface area contributed by atoms with Crippen LogP contribution >= 0.6 is 0 Å². The van der Waals surface area contributed by atoms with Gasteiger partial charge in [-0.1, -0.05) is 6.92 Å². The first-order chi connectivity index (χ1) is 10.2. The molecule has 0 radical (unpaired) electrons. The Morgan fingerprint density at radius 1 is 1.29 bits per heavy atom. The van der Waals surface area contributed by atoms with Gasteiger partial charge in [-0.05, 0) is 26.3 Å². The van der Waals surface area contributed by atoms with Crippen LogP contribution in [0.3, 0.4) is 0 Å². The van der Waals surface area contributed by atoms with Gasteiger partial charge < -0.3 is 15.4 Å². The lowest BCUT2D eigenvalue weighted by molar-refractivity contribution is 0.172. The number of anilines is 1. The molecule has 0 saturated carbocycles. The number of hydrogen-bond donors (Lipinski definition) is 1. The number of piperazine rings is 1. The van der Waals surface area contributed by atoms with E-state index in [9.17, 15) is 0 Å². The Balaban J connectivity index is 1.99. The van der Waals surface area contributed by atoms with E-state index in [1.807, 2.05) is 13.0 Å². The minimum Gasteiger partial charge on any atom is -0.481 e. The highest BCUT2D eigenvalue weighted by Crippen LogP contribution is 2.18. The summed E-state index contributed by atoms with van der Waals surface area (Å²) in [5.41, 5.74) is 6.65. The fourth-order valence-corrected chi connectivity index (χ4v) is 2.89. The zero-order chi connectivity index (χ0) is 15.2. The molecule has 1 aliphatic rings. The molecule has 2 heterocycles. The van der Waals surface area contributed by atoms with Crippen LogP contribution in [0, 0.1) is 6.92 Å². The number of aryl methyl sites for hydroxylation is 1. The van der Waals surface area contributed by atoms with Gasteiger partial charge in [0.2, 0.25) is 11.8 Å². The van der Waals surface area contributed by atoms with Crippen LogP contribution in [-0.2, 0) is 0 Å². The largest absolute Gasteiger partial charge is 0.481 e. The summed E-state index contributed by atoms with van der Waals surface area (Å²) in [6.07, 6.45) is 2.23. The third kappa shape index (κ3) is 4.04. The predicted molar refractivity (Wildman–Crippen MR) is 84.9 cm³/mol. The van der Waals surface area contributed by atoms with Gasteiger partial charge in [0.25, 0.3) is 0 Å². The summed E-state index contributed by atoms with van der Waals surface area (Å²) < 4.78 is 5.23. The van der Waals surface area contributed by atoms with Crippen LogP contribution in [0.25, 0.3) is 0 Å². The maximum absolute atomic E-state index is 5.71. The highest BCUT2D eigenvalue weighted by Gasteiger charge is 2.23. The highest BCUT2D eigenvalue weighted by atomic mass is 16.5. The molecular weight excluding hydrogens is 266 g/mol. The Labute approximate surface area is 127 Å². The normalized spacial score (nSPS) is 17.8. The van der Waals surface area contributed by atoms with Crippen LogP contribution in [-0.4, -0.2) is 60.7 Å². The first-order valence-electron chi connectivity index (χ1n) is 7.76. The number of hydrogen-bond acceptors (Lipinski definition) is 6. The summed E-state index contributed by atoms with van der Waals surface area (Å²) in [7, 11) is 1.64. The van der Waals surface area contributed by atoms with E-state index < -0.39 is 0 Å². The zero-order valence-corrected chi connectivity index (χ0v) is 13.4. The SMILES string of the molecule is CCC(CCN)N1CCN(c2nc(C)cc(OC)n2)CC1. The summed E-state index contributed by atoms with van der Waals surface area (Å²) in [4.78, 5) is 13.8. The molecule has 1 aliphatic heterocycles. The highest BCUT2D eigenvalue weighted by molar-refractivity contribution is 5.35. The summed E-state index contributed by atoms with van der Waals surface area (Å²) in [6.45, 7) is 8.95. The lowest BCUT2D eigenvalue weighted by Gasteiger charge is -2.39. The van der Waals surface area contributed by atoms with E-state index >= 15 is 0 Å². The number of aromatic nitrogens is 2. The van der Waals surface area contributed by atoms with Gasteiger partial charge in [0.1, 0.15) is 0 Å². The van der Waals surface area contributed by atoms with Crippen LogP contribution in [0.2, 0.25) is 0 Å². The van der Waals surface area contributed by atoms with Crippen LogP contribution in [0.4, 0.5) is 5.95 Å². The molecule has 1 unspecified atom stereocenters. The van der Waals surface area contributed by atoms with E-state index in [1.54, 1.807) is 7.11 Å². The van der Waals surface area contributed by atoms with Crippen molar-refractivity contribution in [1.29, 1.82) is 0 Å². The second-order valence-corrected chi connectivity index (χ2v) is 5.51. The van der Waals surface area contributed by atoms with E-state index in [0.29, 0.717) is 11.9 Å². The lowest BCUT2D eigenvalue weighted by Crippen LogP contribution is -2.51. The standard InChI is InChI=1S/C15H27N5O/c1-4-13(5-6-16)19-7-9-20(10-8-19)15-17-12(2)11-14(18-15)21-3/h11,13H,4-10,16H2,1-3H3. The van der Waals surface area contributed by atoms with Crippen molar-refractivity contribution in [2.24, 2.45) is 5.73 Å². The van der Waals surface area contributed by atoms with E-state index in [4.69, 9.17) is 10.5 Å². The Morgan fingerprint density at radius 2 is 2.00 bits per heavy atom. The van der Waals surface area contributed by atoms with Gasteiger partial charge in [0.05, 0.1) is 7.11 Å². The molecule has 6 heteroatoms. The van der Waals surface area contributed by atoms with Gasteiger partial charge in [0, 0.05) is 44.0 Å². The van der Waals surface area contributed by atoms with Crippen molar-refractivity contribution in [1.82, 2.24) is 14.9 Å². The topological polar surface area (TPSA) is 67.5 Å². The molecule has 1 atom stereocenters. The Morgan fingerprint density at radius 3 is 2.57 bits per heavy atom. The van der Waals surface area contributed by atoms with E-state index in [2.05, 4.69) is 26.7 Å². The van der Waals surface area contributed by atoms with Crippen molar-refractivity contribution in [2.45, 2.75) is 32.7 Å². The van der Waals surface area contributed by atoms with Crippen molar-refractivity contribution in [3.05, 3.63) is 11.8 Å². The zero-order valence-electron chi connectivity index (χ0n) is 13.4. The van der Waals surface area contributed by atoms with Gasteiger partial charge in [0.15, 0.2) is 0 Å². The number of methoxy groups -OCH3 is 1. The van der Waals surface area contributed by atoms with Gasteiger partial charge in [-0.3, -0.25) is 4.90 Å². The Hall–Kier alpha value is -1.40. The van der Waals surface area contributed by atoms with Crippen LogP contribution in [0.5, 0.6) is 5.88 Å². The first kappa shape index (κ1) is 16.0. The number of rotatable bonds is 6. The molecule has 1 aromatic rings. The molecular formula is C15H27N5O. The van der Waals surface area contributed by atoms with Crippen LogP contribution in [0.15, 0.2) is 6.07 Å². The molecule has 2 rings (SSSR count). The van der Waals surface area contributed by atoms with Gasteiger partial charge in [-0.2, -0.15) is 4.98 Å². The molecule has 1 aromatic heterocycles. The van der Waals surface area contributed by atoms with Gasteiger partial charge in [-0.25, -0.2) is 4.98 Å². The summed E-state index contributed by atoms with van der Waals surface area (Å²) in [5, 5.41) is 0. The van der Waals surface area contributed by atoms with Crippen molar-refractivity contribution >= 4 is 5.95 Å². The maximum atomic E-state index is 5.71. The van der Waals surface area contributed by atoms with Crippen molar-refractivity contribution < 1.29 is 4.74 Å². The molecule has 1 fully saturated rings. The van der Waals surface area contributed by atoms with E-state index in [1.165, 1.54) is 0 Å². The van der Waals surface area contributed by atoms with E-state index in [-0.39, 0.29) is 0 Å². The first-order valence-corrected chi connectivity index (χ1v) is 7.76. The van der Waals surface area contributed by atoms with Gasteiger partial charge >= 0.3 is 0 Å². The fraction of sp³-hybridized carbons (Fsp3) is 0.733. The smallest absolute Gasteiger partial charge is 0.228 e. The molecule has 0 amide bonds. The molecule has 0 bridgehead atoms. The monoisotopic (exact) mass is 293 g/mol. The molecule has 118 valence electrons. The molecule has 1 saturated heterocycles. The summed E-state index contributed by atoms with van der Waals surface area (Å²) in [5.74, 6) is 1.41. The molecule has 0 spiro atoms. The summed E-state index contributed by atoms with van der Waals surface area (Å²) in [6, 6.07) is 2.46. The average Bonchev–Trinajstić information content (AvgIpc) is 2.52. The molecule has 6 nitrogen and oxygen atoms in total. The maximum Gasteiger partial charge on any atom is 0.228 e. The van der Waals surface area contributed by atoms with Crippen molar-refractivity contribution in [2.75, 3.05) is 44.7 Å². The minimum absolute atomic E-state index is 0.602.